The van der Waals surface area contributed by atoms with Gasteiger partial charge in [-0.25, -0.2) is 0 Å². The summed E-state index contributed by atoms with van der Waals surface area (Å²) in [4.78, 5) is 41.9. The molecule has 1 amide bonds. The molecule has 2 aliphatic rings. The van der Waals surface area contributed by atoms with Gasteiger partial charge in [0.2, 0.25) is 0 Å². The van der Waals surface area contributed by atoms with Crippen LogP contribution in [0.3, 0.4) is 0 Å². The molecule has 2 aliphatic heterocycles. The van der Waals surface area contributed by atoms with Gasteiger partial charge in [-0.1, -0.05) is 24.3 Å². The molecule has 0 atom stereocenters. The van der Waals surface area contributed by atoms with Crippen LogP contribution in [0.25, 0.3) is 17.3 Å². The van der Waals surface area contributed by atoms with Crippen molar-refractivity contribution in [3.63, 3.8) is 0 Å². The normalized spacial score (nSPS) is 16.9. The first-order valence-electron chi connectivity index (χ1n) is 12.3. The number of carbonyl (C=O) groups is 1. The van der Waals surface area contributed by atoms with Gasteiger partial charge in [0, 0.05) is 32.2 Å². The first-order chi connectivity index (χ1) is 18.5. The fraction of sp³-hybridized carbons (Fsp3) is 0.296. The van der Waals surface area contributed by atoms with Gasteiger partial charge in [-0.15, -0.1) is 11.3 Å². The number of morpholine rings is 1. The summed E-state index contributed by atoms with van der Waals surface area (Å²) in [6.45, 7) is 3.01. The van der Waals surface area contributed by atoms with E-state index in [9.17, 15) is 25.0 Å². The number of aromatic nitrogens is 1. The topological polar surface area (TPSA) is 122 Å². The molecular formula is C27H25N5O5S. The highest BCUT2D eigenvalue weighted by atomic mass is 32.1. The third-order valence-corrected chi connectivity index (χ3v) is 7.71. The van der Waals surface area contributed by atoms with Gasteiger partial charge in [0.05, 0.1) is 28.4 Å². The zero-order valence-corrected chi connectivity index (χ0v) is 21.4. The van der Waals surface area contributed by atoms with Crippen molar-refractivity contribution < 1.29 is 14.5 Å². The van der Waals surface area contributed by atoms with Crippen LogP contribution in [-0.2, 0) is 9.53 Å². The Balaban J connectivity index is 1.69. The van der Waals surface area contributed by atoms with Crippen LogP contribution in [0.5, 0.6) is 0 Å². The van der Waals surface area contributed by atoms with Crippen molar-refractivity contribution in [2.75, 3.05) is 44.3 Å². The van der Waals surface area contributed by atoms with Crippen LogP contribution in [0.2, 0.25) is 0 Å². The Morgan fingerprint density at radius 1 is 1.08 bits per heavy atom. The van der Waals surface area contributed by atoms with Gasteiger partial charge < -0.3 is 14.5 Å². The number of nitriles is 1. The molecule has 194 valence electrons. The largest absolute Gasteiger partial charge is 0.378 e. The van der Waals surface area contributed by atoms with Crippen LogP contribution in [0.1, 0.15) is 18.4 Å². The number of anilines is 1. The molecule has 2 fully saturated rings. The Hall–Kier alpha value is -4.27. The number of para-hydroxylation sites is 1. The van der Waals surface area contributed by atoms with E-state index in [2.05, 4.69) is 0 Å². The summed E-state index contributed by atoms with van der Waals surface area (Å²) in [6.07, 6.45) is 3.55. The quantitative estimate of drug-likeness (QED) is 0.363. The van der Waals surface area contributed by atoms with Crippen molar-refractivity contribution in [2.24, 2.45) is 0 Å². The Bertz CT molecular complexity index is 1590. The summed E-state index contributed by atoms with van der Waals surface area (Å²) in [5.74, 6) is -0.459. The monoisotopic (exact) mass is 531 g/mol. The second-order valence-electron chi connectivity index (χ2n) is 8.98. The van der Waals surface area contributed by atoms with Gasteiger partial charge >= 0.3 is 0 Å². The number of nitro groups is 1. The minimum atomic E-state index is -0.459. The van der Waals surface area contributed by atoms with Gasteiger partial charge in [0.25, 0.3) is 17.2 Å². The van der Waals surface area contributed by atoms with E-state index < -0.39 is 16.4 Å². The molecule has 5 rings (SSSR count). The SMILES string of the molecule is N#CC(C(=O)N1CCOCC1)=c1sc(=Cc2ccc(N3CCCC3)c([N+](=O)[O-])c2)c(=O)n1-c1ccccc1. The smallest absolute Gasteiger partial charge is 0.293 e. The Kier molecular flexibility index (Phi) is 7.35. The molecule has 0 saturated carbocycles. The molecule has 0 bridgehead atoms. The third-order valence-electron chi connectivity index (χ3n) is 6.62. The lowest BCUT2D eigenvalue weighted by Crippen LogP contribution is -2.42. The molecule has 38 heavy (non-hydrogen) atoms. The molecule has 10 nitrogen and oxygen atoms in total. The molecule has 2 saturated heterocycles. The van der Waals surface area contributed by atoms with Gasteiger partial charge in [-0.2, -0.15) is 5.26 Å². The highest BCUT2D eigenvalue weighted by Gasteiger charge is 2.25. The van der Waals surface area contributed by atoms with Crippen molar-refractivity contribution >= 4 is 40.3 Å². The number of hydrogen-bond acceptors (Lipinski definition) is 8. The van der Waals surface area contributed by atoms with Crippen molar-refractivity contribution in [3.8, 4) is 11.8 Å². The summed E-state index contributed by atoms with van der Waals surface area (Å²) in [7, 11) is 0. The van der Waals surface area contributed by atoms with Crippen LogP contribution in [0.4, 0.5) is 11.4 Å². The molecule has 0 aliphatic carbocycles. The number of hydrogen-bond donors (Lipinski definition) is 0. The van der Waals surface area contributed by atoms with Gasteiger partial charge in [0.1, 0.15) is 16.4 Å². The molecule has 0 unspecified atom stereocenters. The minimum Gasteiger partial charge on any atom is -0.378 e. The summed E-state index contributed by atoms with van der Waals surface area (Å²) in [6, 6.07) is 15.7. The predicted octanol–water partition coefficient (Wildman–Crippen LogP) is 1.77. The second-order valence-corrected chi connectivity index (χ2v) is 10.0. The zero-order valence-electron chi connectivity index (χ0n) is 20.5. The third kappa shape index (κ3) is 4.96. The maximum absolute atomic E-state index is 13.6. The average Bonchev–Trinajstić information content (AvgIpc) is 3.59. The molecule has 3 heterocycles. The molecule has 0 N–H and O–H groups in total. The van der Waals surface area contributed by atoms with Crippen molar-refractivity contribution in [3.05, 3.63) is 83.8 Å². The van der Waals surface area contributed by atoms with Crippen molar-refractivity contribution in [2.45, 2.75) is 12.8 Å². The number of nitro benzene ring substituents is 1. The molecule has 0 radical (unpaired) electrons. The van der Waals surface area contributed by atoms with Crippen LogP contribution in [0.15, 0.2) is 53.3 Å². The first-order valence-corrected chi connectivity index (χ1v) is 13.1. The fourth-order valence-electron chi connectivity index (χ4n) is 4.73. The van der Waals surface area contributed by atoms with Gasteiger partial charge in [-0.3, -0.25) is 24.3 Å². The lowest BCUT2D eigenvalue weighted by atomic mass is 10.1. The van der Waals surface area contributed by atoms with E-state index >= 15 is 0 Å². The van der Waals surface area contributed by atoms with E-state index in [1.165, 1.54) is 10.6 Å². The highest BCUT2D eigenvalue weighted by molar-refractivity contribution is 7.07. The number of benzene rings is 2. The number of carbonyl (C=O) groups excluding carboxylic acids is 1. The zero-order chi connectivity index (χ0) is 26.6. The maximum Gasteiger partial charge on any atom is 0.293 e. The minimum absolute atomic E-state index is 0.0208. The Morgan fingerprint density at radius 2 is 1.79 bits per heavy atom. The lowest BCUT2D eigenvalue weighted by Gasteiger charge is -2.26. The van der Waals surface area contributed by atoms with Gasteiger partial charge in [0.15, 0.2) is 5.57 Å². The predicted molar refractivity (Wildman–Crippen MR) is 144 cm³/mol. The van der Waals surface area contributed by atoms with Gasteiger partial charge in [-0.05, 0) is 42.7 Å². The molecule has 0 spiro atoms. The van der Waals surface area contributed by atoms with Crippen molar-refractivity contribution in [1.29, 1.82) is 5.26 Å². The molecule has 11 heteroatoms. The van der Waals surface area contributed by atoms with E-state index in [-0.39, 0.29) is 20.5 Å². The van der Waals surface area contributed by atoms with Crippen LogP contribution in [0, 0.1) is 21.4 Å². The van der Waals surface area contributed by atoms with E-state index in [0.717, 1.165) is 37.3 Å². The van der Waals surface area contributed by atoms with E-state index in [1.807, 2.05) is 17.0 Å². The molecule has 3 aromatic rings. The second kappa shape index (κ2) is 11.0. The van der Waals surface area contributed by atoms with Crippen molar-refractivity contribution in [1.82, 2.24) is 9.47 Å². The molecule has 1 aromatic heterocycles. The lowest BCUT2D eigenvalue weighted by molar-refractivity contribution is -0.384. The maximum atomic E-state index is 13.6. The summed E-state index contributed by atoms with van der Waals surface area (Å²) in [5.41, 5.74) is 1.00. The van der Waals surface area contributed by atoms with E-state index in [4.69, 9.17) is 4.74 Å². The van der Waals surface area contributed by atoms with Crippen LogP contribution >= 0.6 is 11.3 Å². The van der Waals surface area contributed by atoms with E-state index in [1.54, 1.807) is 47.4 Å². The summed E-state index contributed by atoms with van der Waals surface area (Å²) < 4.78 is 7.16. The van der Waals surface area contributed by atoms with Crippen LogP contribution in [-0.4, -0.2) is 59.7 Å². The number of amides is 1. The highest BCUT2D eigenvalue weighted by Crippen LogP contribution is 2.31. The number of thiazole rings is 1. The summed E-state index contributed by atoms with van der Waals surface area (Å²) >= 11 is 1.02. The number of rotatable bonds is 5. The first kappa shape index (κ1) is 25.4. The number of ether oxygens (including phenoxy) is 1. The van der Waals surface area contributed by atoms with Crippen LogP contribution < -0.4 is 19.7 Å². The molecular weight excluding hydrogens is 506 g/mol. The Morgan fingerprint density at radius 3 is 2.45 bits per heavy atom. The standard InChI is InChI=1S/C27H25N5O5S/c28-18-21(25(33)30-12-14-37-15-13-30)27-31(20-6-2-1-3-7-20)26(34)24(38-27)17-19-8-9-22(23(16-19)32(35)36)29-10-4-5-11-29/h1-3,6-9,16-17H,4-5,10-15H2. The average molecular weight is 532 g/mol. The number of nitrogens with zero attached hydrogens (tertiary/aromatic N) is 5. The molecule has 2 aromatic carbocycles. The fourth-order valence-corrected chi connectivity index (χ4v) is 5.82. The Labute approximate surface area is 222 Å². The summed E-state index contributed by atoms with van der Waals surface area (Å²) in [5, 5.41) is 21.9. The van der Waals surface area contributed by atoms with E-state index in [0.29, 0.717) is 43.2 Å².